The molecule has 0 bridgehead atoms. The zero-order chi connectivity index (χ0) is 19.5. The number of aryl methyl sites for hydroxylation is 1. The lowest BCUT2D eigenvalue weighted by Crippen LogP contribution is -2.23. The molecule has 2 aromatic rings. The van der Waals surface area contributed by atoms with E-state index in [1.54, 1.807) is 50.2 Å². The van der Waals surface area contributed by atoms with Gasteiger partial charge in [0.05, 0.1) is 10.8 Å². The Kier molecular flexibility index (Phi) is 6.58. The van der Waals surface area contributed by atoms with Gasteiger partial charge in [0.15, 0.2) is 0 Å². The summed E-state index contributed by atoms with van der Waals surface area (Å²) in [4.78, 5) is 6.33. The molecule has 0 aliphatic heterocycles. The van der Waals surface area contributed by atoms with Crippen LogP contribution in [0.3, 0.4) is 0 Å². The molecule has 2 rings (SSSR count). The van der Waals surface area contributed by atoms with Crippen LogP contribution in [0.15, 0.2) is 46.3 Å². The summed E-state index contributed by atoms with van der Waals surface area (Å²) in [6.45, 7) is 1.57. The number of hydrogen-bond acceptors (Lipinski definition) is 2. The molecular formula is C18H17ClF4N2S. The first-order valence-electron chi connectivity index (χ1n) is 7.59. The summed E-state index contributed by atoms with van der Waals surface area (Å²) in [5.74, 6) is -1.25. The highest BCUT2D eigenvalue weighted by atomic mass is 35.5. The number of hydrogen-bond donors (Lipinski definition) is 0. The Morgan fingerprint density at radius 3 is 2.42 bits per heavy atom. The van der Waals surface area contributed by atoms with Crippen LogP contribution in [0.2, 0.25) is 5.02 Å². The van der Waals surface area contributed by atoms with Crippen molar-refractivity contribution in [2.45, 2.75) is 18.0 Å². The van der Waals surface area contributed by atoms with Crippen molar-refractivity contribution >= 4 is 34.9 Å². The fraction of sp³-hybridized carbons (Fsp3) is 0.278. The average molecular weight is 405 g/mol. The summed E-state index contributed by atoms with van der Waals surface area (Å²) in [5, 5.41) is 0.444. The number of halogens is 5. The number of amidine groups is 1. The monoisotopic (exact) mass is 404 g/mol. The lowest BCUT2D eigenvalue weighted by atomic mass is 10.2. The van der Waals surface area contributed by atoms with Gasteiger partial charge in [-0.2, -0.15) is 13.2 Å². The second-order valence-electron chi connectivity index (χ2n) is 5.78. The SMILES string of the molecule is Cc1cc(F)c(/N=C(/c2ccccc2Cl)N(C)C)cc1SCC(F)(F)F. The third kappa shape index (κ3) is 5.38. The van der Waals surface area contributed by atoms with Gasteiger partial charge in [0.1, 0.15) is 17.3 Å². The van der Waals surface area contributed by atoms with Gasteiger partial charge in [0, 0.05) is 24.6 Å². The van der Waals surface area contributed by atoms with Crippen molar-refractivity contribution in [2.24, 2.45) is 4.99 Å². The molecule has 0 aromatic heterocycles. The molecule has 0 fully saturated rings. The maximum absolute atomic E-state index is 14.4. The van der Waals surface area contributed by atoms with E-state index in [-0.39, 0.29) is 5.69 Å². The summed E-state index contributed by atoms with van der Waals surface area (Å²) >= 11 is 6.81. The van der Waals surface area contributed by atoms with E-state index >= 15 is 0 Å². The van der Waals surface area contributed by atoms with E-state index in [9.17, 15) is 17.6 Å². The largest absolute Gasteiger partial charge is 0.398 e. The fourth-order valence-corrected chi connectivity index (χ4v) is 3.22. The predicted octanol–water partition coefficient (Wildman–Crippen LogP) is 6.08. The van der Waals surface area contributed by atoms with Crippen molar-refractivity contribution in [1.82, 2.24) is 4.90 Å². The van der Waals surface area contributed by atoms with Crippen LogP contribution in [0.25, 0.3) is 0 Å². The summed E-state index contributed by atoms with van der Waals surface area (Å²) in [6, 6.07) is 9.49. The molecule has 140 valence electrons. The zero-order valence-electron chi connectivity index (χ0n) is 14.4. The highest BCUT2D eigenvalue weighted by Gasteiger charge is 2.27. The van der Waals surface area contributed by atoms with E-state index in [1.165, 1.54) is 12.1 Å². The minimum absolute atomic E-state index is 0.0381. The van der Waals surface area contributed by atoms with Gasteiger partial charge in [0.25, 0.3) is 0 Å². The molecule has 0 unspecified atom stereocenters. The van der Waals surface area contributed by atoms with Gasteiger partial charge >= 0.3 is 6.18 Å². The molecule has 2 aromatic carbocycles. The van der Waals surface area contributed by atoms with E-state index in [2.05, 4.69) is 4.99 Å². The number of aliphatic imine (C=N–C) groups is 1. The molecular weight excluding hydrogens is 388 g/mol. The maximum Gasteiger partial charge on any atom is 0.398 e. The van der Waals surface area contributed by atoms with Crippen LogP contribution in [0.1, 0.15) is 11.1 Å². The van der Waals surface area contributed by atoms with Crippen LogP contribution in [0, 0.1) is 12.7 Å². The number of thioether (sulfide) groups is 1. The first-order valence-corrected chi connectivity index (χ1v) is 8.95. The molecule has 0 N–H and O–H groups in total. The third-order valence-corrected chi connectivity index (χ3v) is 4.95. The quantitative estimate of drug-likeness (QED) is 0.265. The molecule has 0 atom stereocenters. The topological polar surface area (TPSA) is 15.6 Å². The number of benzene rings is 2. The lowest BCUT2D eigenvalue weighted by Gasteiger charge is -2.18. The van der Waals surface area contributed by atoms with Gasteiger partial charge in [-0.1, -0.05) is 23.7 Å². The predicted molar refractivity (Wildman–Crippen MR) is 99.3 cm³/mol. The van der Waals surface area contributed by atoms with Gasteiger partial charge in [0.2, 0.25) is 0 Å². The van der Waals surface area contributed by atoms with Gasteiger partial charge < -0.3 is 4.90 Å². The Hall–Kier alpha value is -1.73. The zero-order valence-corrected chi connectivity index (χ0v) is 15.9. The lowest BCUT2D eigenvalue weighted by molar-refractivity contribution is -0.105. The molecule has 2 nitrogen and oxygen atoms in total. The van der Waals surface area contributed by atoms with Crippen LogP contribution in [0.5, 0.6) is 0 Å². The molecule has 0 amide bonds. The van der Waals surface area contributed by atoms with Gasteiger partial charge in [-0.3, -0.25) is 0 Å². The maximum atomic E-state index is 14.4. The summed E-state index contributed by atoms with van der Waals surface area (Å²) < 4.78 is 51.8. The summed E-state index contributed by atoms with van der Waals surface area (Å²) in [7, 11) is 3.46. The van der Waals surface area contributed by atoms with E-state index in [0.29, 0.717) is 38.6 Å². The van der Waals surface area contributed by atoms with Crippen molar-refractivity contribution in [3.05, 3.63) is 58.4 Å². The normalized spacial score (nSPS) is 12.4. The molecule has 0 saturated heterocycles. The van der Waals surface area contributed by atoms with Gasteiger partial charge in [-0.05, 0) is 36.8 Å². The molecule has 0 spiro atoms. The van der Waals surface area contributed by atoms with E-state index in [1.807, 2.05) is 0 Å². The van der Waals surface area contributed by atoms with E-state index in [0.717, 1.165) is 0 Å². The minimum Gasteiger partial charge on any atom is -0.362 e. The van der Waals surface area contributed by atoms with Crippen molar-refractivity contribution < 1.29 is 17.6 Å². The second-order valence-corrected chi connectivity index (χ2v) is 7.21. The highest BCUT2D eigenvalue weighted by molar-refractivity contribution is 7.99. The Labute approximate surface area is 158 Å². The standard InChI is InChI=1S/C18H17ClF4N2S/c1-11-8-14(20)15(9-16(11)26-10-18(21,22)23)24-17(25(2)3)12-6-4-5-7-13(12)19/h4-9H,10H2,1-3H3/b24-17-. The Balaban J connectivity index is 2.48. The van der Waals surface area contributed by atoms with Crippen LogP contribution >= 0.6 is 23.4 Å². The molecule has 0 aliphatic rings. The Morgan fingerprint density at radius 1 is 1.19 bits per heavy atom. The van der Waals surface area contributed by atoms with Crippen molar-refractivity contribution in [2.75, 3.05) is 19.8 Å². The molecule has 0 radical (unpaired) electrons. The van der Waals surface area contributed by atoms with Crippen LogP contribution in [-0.2, 0) is 0 Å². The van der Waals surface area contributed by atoms with Crippen LogP contribution < -0.4 is 0 Å². The highest BCUT2D eigenvalue weighted by Crippen LogP contribution is 2.34. The fourth-order valence-electron chi connectivity index (χ4n) is 2.20. The first kappa shape index (κ1) is 20.6. The van der Waals surface area contributed by atoms with E-state index < -0.39 is 17.7 Å². The van der Waals surface area contributed by atoms with Crippen molar-refractivity contribution in [3.63, 3.8) is 0 Å². The first-order chi connectivity index (χ1) is 12.1. The number of nitrogens with zero attached hydrogens (tertiary/aromatic N) is 2. The Morgan fingerprint density at radius 2 is 1.85 bits per heavy atom. The summed E-state index contributed by atoms with van der Waals surface area (Å²) in [6.07, 6.45) is -4.30. The Bertz CT molecular complexity index is 819. The molecule has 0 saturated carbocycles. The van der Waals surface area contributed by atoms with Gasteiger partial charge in [-0.25, -0.2) is 9.38 Å². The van der Waals surface area contributed by atoms with Crippen molar-refractivity contribution in [3.8, 4) is 0 Å². The van der Waals surface area contributed by atoms with Crippen LogP contribution in [-0.4, -0.2) is 36.8 Å². The molecule has 8 heteroatoms. The minimum atomic E-state index is -4.30. The molecule has 26 heavy (non-hydrogen) atoms. The summed E-state index contributed by atoms with van der Waals surface area (Å²) in [5.41, 5.74) is 0.993. The van der Waals surface area contributed by atoms with Gasteiger partial charge in [-0.15, -0.1) is 11.8 Å². The molecule has 0 heterocycles. The smallest absolute Gasteiger partial charge is 0.362 e. The average Bonchev–Trinajstić information content (AvgIpc) is 2.53. The number of alkyl halides is 3. The van der Waals surface area contributed by atoms with Crippen LogP contribution in [0.4, 0.5) is 23.2 Å². The van der Waals surface area contributed by atoms with Crippen molar-refractivity contribution in [1.29, 1.82) is 0 Å². The molecule has 0 aliphatic carbocycles. The second kappa shape index (κ2) is 8.31. The van der Waals surface area contributed by atoms with E-state index in [4.69, 9.17) is 11.6 Å². The number of rotatable bonds is 4. The third-order valence-electron chi connectivity index (χ3n) is 3.40.